The second kappa shape index (κ2) is 6.35. The van der Waals surface area contributed by atoms with Gasteiger partial charge in [0.1, 0.15) is 16.5 Å². The van der Waals surface area contributed by atoms with Gasteiger partial charge < -0.3 is 9.73 Å². The first-order valence-electron chi connectivity index (χ1n) is 8.52. The number of amides is 3. The van der Waals surface area contributed by atoms with Gasteiger partial charge in [-0.15, -0.1) is 11.8 Å². The molecular formula is C19H13ClN4O3S. The number of hydrogen-bond acceptors (Lipinski definition) is 6. The lowest BCUT2D eigenvalue weighted by atomic mass is 10.1. The van der Waals surface area contributed by atoms with E-state index in [1.807, 2.05) is 24.3 Å². The van der Waals surface area contributed by atoms with Crippen molar-refractivity contribution in [1.82, 2.24) is 15.3 Å². The van der Waals surface area contributed by atoms with E-state index in [9.17, 15) is 9.59 Å². The molecule has 4 heterocycles. The minimum absolute atomic E-state index is 0.283. The average Bonchev–Trinajstić information content (AvgIpc) is 3.25. The third-order valence-corrected chi connectivity index (χ3v) is 6.32. The van der Waals surface area contributed by atoms with Crippen molar-refractivity contribution in [1.29, 1.82) is 0 Å². The first-order chi connectivity index (χ1) is 13.5. The number of halogens is 1. The van der Waals surface area contributed by atoms with Gasteiger partial charge in [-0.2, -0.15) is 0 Å². The van der Waals surface area contributed by atoms with Gasteiger partial charge in [0, 0.05) is 22.4 Å². The van der Waals surface area contributed by atoms with Crippen molar-refractivity contribution in [3.63, 3.8) is 0 Å². The number of thioether (sulfide) groups is 1. The maximum atomic E-state index is 13.2. The van der Waals surface area contributed by atoms with Crippen LogP contribution in [0.25, 0.3) is 16.0 Å². The number of carbonyl (C=O) groups excluding carboxylic acids is 2. The van der Waals surface area contributed by atoms with Crippen LogP contribution in [0.2, 0.25) is 5.02 Å². The number of anilines is 1. The highest BCUT2D eigenvalue weighted by molar-refractivity contribution is 8.09. The van der Waals surface area contributed by atoms with Gasteiger partial charge in [-0.05, 0) is 12.1 Å². The Hall–Kier alpha value is -2.84. The number of hydrogen-bond donors (Lipinski definition) is 1. The van der Waals surface area contributed by atoms with Gasteiger partial charge in [0.25, 0.3) is 5.91 Å². The number of imide groups is 1. The molecule has 3 amide bonds. The summed E-state index contributed by atoms with van der Waals surface area (Å²) in [4.78, 5) is 36.2. The highest BCUT2D eigenvalue weighted by atomic mass is 35.5. The van der Waals surface area contributed by atoms with Crippen LogP contribution < -0.4 is 10.2 Å². The summed E-state index contributed by atoms with van der Waals surface area (Å²) < 4.78 is 5.60. The third-order valence-electron chi connectivity index (χ3n) is 4.63. The average molecular weight is 413 g/mol. The van der Waals surface area contributed by atoms with Gasteiger partial charge in [-0.25, -0.2) is 14.7 Å². The number of fused-ring (bicyclic) bond motifs is 2. The molecule has 0 saturated carbocycles. The summed E-state index contributed by atoms with van der Waals surface area (Å²) in [5.41, 5.74) is 1.97. The smallest absolute Gasteiger partial charge is 0.329 e. The summed E-state index contributed by atoms with van der Waals surface area (Å²) in [6, 6.07) is 6.50. The van der Waals surface area contributed by atoms with Crippen LogP contribution in [0.15, 0.2) is 47.2 Å². The molecule has 0 bridgehead atoms. The third kappa shape index (κ3) is 2.60. The topological polar surface area (TPSA) is 88.3 Å². The van der Waals surface area contributed by atoms with E-state index in [4.69, 9.17) is 16.0 Å². The summed E-state index contributed by atoms with van der Waals surface area (Å²) in [6.07, 6.45) is 4.85. The van der Waals surface area contributed by atoms with Gasteiger partial charge in [-0.3, -0.25) is 9.78 Å². The lowest BCUT2D eigenvalue weighted by molar-refractivity contribution is -0.118. The molecule has 1 N–H and O–H groups in total. The van der Waals surface area contributed by atoms with Crippen molar-refractivity contribution in [3.05, 3.63) is 59.2 Å². The van der Waals surface area contributed by atoms with Crippen LogP contribution in [0.3, 0.4) is 0 Å². The zero-order chi connectivity index (χ0) is 19.4. The minimum atomic E-state index is -0.521. The van der Waals surface area contributed by atoms with E-state index < -0.39 is 17.3 Å². The zero-order valence-electron chi connectivity index (χ0n) is 14.5. The number of urea groups is 1. The van der Waals surface area contributed by atoms with Crippen LogP contribution in [-0.4, -0.2) is 33.2 Å². The van der Waals surface area contributed by atoms with Crippen LogP contribution in [0.1, 0.15) is 11.5 Å². The molecule has 28 heavy (non-hydrogen) atoms. The molecule has 2 atom stereocenters. The van der Waals surface area contributed by atoms with Gasteiger partial charge in [0.2, 0.25) is 0 Å². The van der Waals surface area contributed by atoms with E-state index in [2.05, 4.69) is 15.3 Å². The first kappa shape index (κ1) is 17.3. The quantitative estimate of drug-likeness (QED) is 0.689. The second-order valence-electron chi connectivity index (χ2n) is 6.44. The predicted octanol–water partition coefficient (Wildman–Crippen LogP) is 3.77. The molecule has 1 fully saturated rings. The number of aryl methyl sites for hydroxylation is 1. The molecule has 2 unspecified atom stereocenters. The summed E-state index contributed by atoms with van der Waals surface area (Å²) in [5.74, 6) is 0.102. The van der Waals surface area contributed by atoms with Crippen LogP contribution in [-0.2, 0) is 4.79 Å². The molecule has 9 heteroatoms. The number of carbonyl (C=O) groups is 2. The van der Waals surface area contributed by atoms with Crippen LogP contribution in [0.5, 0.6) is 0 Å². The van der Waals surface area contributed by atoms with E-state index in [1.165, 1.54) is 24.2 Å². The largest absolute Gasteiger partial charge is 0.439 e. The van der Waals surface area contributed by atoms with E-state index in [1.54, 1.807) is 13.0 Å². The number of aromatic nitrogens is 2. The van der Waals surface area contributed by atoms with E-state index in [0.717, 1.165) is 15.4 Å². The molecule has 0 aliphatic carbocycles. The van der Waals surface area contributed by atoms with Gasteiger partial charge in [-0.1, -0.05) is 29.8 Å². The highest BCUT2D eigenvalue weighted by Crippen LogP contribution is 2.44. The number of oxazole rings is 1. The molecule has 1 aromatic carbocycles. The fourth-order valence-corrected chi connectivity index (χ4v) is 5.01. The number of rotatable bonds is 2. The Morgan fingerprint density at radius 2 is 2.07 bits per heavy atom. The summed E-state index contributed by atoms with van der Waals surface area (Å²) in [7, 11) is 0. The van der Waals surface area contributed by atoms with Crippen LogP contribution >= 0.6 is 23.4 Å². The number of nitrogens with zero attached hydrogens (tertiary/aromatic N) is 3. The lowest BCUT2D eigenvalue weighted by Crippen LogP contribution is -2.60. The Balaban J connectivity index is 1.52. The fourth-order valence-electron chi connectivity index (χ4n) is 3.41. The minimum Gasteiger partial charge on any atom is -0.439 e. The van der Waals surface area contributed by atoms with Crippen molar-refractivity contribution in [2.75, 3.05) is 4.90 Å². The molecule has 2 aromatic heterocycles. The van der Waals surface area contributed by atoms with Crippen molar-refractivity contribution in [2.45, 2.75) is 18.2 Å². The second-order valence-corrected chi connectivity index (χ2v) is 8.03. The number of pyridine rings is 1. The molecule has 7 nitrogen and oxygen atoms in total. The maximum Gasteiger partial charge on any atom is 0.329 e. The molecule has 2 aliphatic heterocycles. The lowest BCUT2D eigenvalue weighted by Gasteiger charge is -2.32. The van der Waals surface area contributed by atoms with E-state index in [0.29, 0.717) is 22.0 Å². The summed E-state index contributed by atoms with van der Waals surface area (Å²) >= 11 is 7.68. The van der Waals surface area contributed by atoms with Gasteiger partial charge in [0.15, 0.2) is 11.5 Å². The van der Waals surface area contributed by atoms with Gasteiger partial charge >= 0.3 is 6.03 Å². The summed E-state index contributed by atoms with van der Waals surface area (Å²) in [5, 5.41) is 2.99. The Morgan fingerprint density at radius 1 is 1.25 bits per heavy atom. The molecule has 3 aromatic rings. The maximum absolute atomic E-state index is 13.2. The Kier molecular flexibility index (Phi) is 3.92. The van der Waals surface area contributed by atoms with Crippen molar-refractivity contribution in [2.24, 2.45) is 0 Å². The molecule has 5 rings (SSSR count). The van der Waals surface area contributed by atoms with E-state index in [-0.39, 0.29) is 11.6 Å². The number of nitrogens with one attached hydrogen (secondary N) is 1. The Labute approximate surface area is 168 Å². The van der Waals surface area contributed by atoms with Crippen molar-refractivity contribution in [3.8, 4) is 0 Å². The zero-order valence-corrected chi connectivity index (χ0v) is 16.1. The molecule has 2 aliphatic rings. The molecular weight excluding hydrogens is 400 g/mol. The standard InChI is InChI=1S/C19H13ClN4O3S/c1-9-22-13-7-21-8-14(16(13)27-9)24-18(25)17-12(23-19(24)26)6-15(28-17)10-4-2-3-5-11(10)20/h2-8,12,17H,1H3,(H,23,26). The highest BCUT2D eigenvalue weighted by Gasteiger charge is 2.46. The van der Waals surface area contributed by atoms with Crippen LogP contribution in [0, 0.1) is 6.92 Å². The Morgan fingerprint density at radius 3 is 2.89 bits per heavy atom. The van der Waals surface area contributed by atoms with Crippen LogP contribution in [0.4, 0.5) is 10.5 Å². The molecule has 1 saturated heterocycles. The van der Waals surface area contributed by atoms with Crippen molar-refractivity contribution < 1.29 is 14.0 Å². The first-order valence-corrected chi connectivity index (χ1v) is 9.77. The Bertz CT molecular complexity index is 1170. The molecule has 140 valence electrons. The van der Waals surface area contributed by atoms with Gasteiger partial charge in [0.05, 0.1) is 18.4 Å². The van der Waals surface area contributed by atoms with Crippen molar-refractivity contribution >= 4 is 57.0 Å². The molecule has 0 radical (unpaired) electrons. The summed E-state index contributed by atoms with van der Waals surface area (Å²) in [6.45, 7) is 1.70. The normalized spacial score (nSPS) is 21.6. The molecule has 0 spiro atoms. The van der Waals surface area contributed by atoms with E-state index >= 15 is 0 Å². The fraction of sp³-hybridized carbons (Fsp3) is 0.158. The number of benzene rings is 1. The predicted molar refractivity (Wildman–Crippen MR) is 107 cm³/mol. The monoisotopic (exact) mass is 412 g/mol. The SMILES string of the molecule is Cc1nc2cncc(N3C(=O)NC4C=C(c5ccccc5Cl)SC4C3=O)c2o1.